The van der Waals surface area contributed by atoms with Crippen LogP contribution in [0.1, 0.15) is 37.8 Å². The predicted molar refractivity (Wildman–Crippen MR) is 74.9 cm³/mol. The van der Waals surface area contributed by atoms with E-state index in [-0.39, 0.29) is 0 Å². The van der Waals surface area contributed by atoms with Gasteiger partial charge in [-0.05, 0) is 54.7 Å². The van der Waals surface area contributed by atoms with E-state index >= 15 is 0 Å². The monoisotopic (exact) mass is 267 g/mol. The fraction of sp³-hybridized carbons (Fsp3) is 0.571. The van der Waals surface area contributed by atoms with Crippen LogP contribution in [0, 0.1) is 5.92 Å². The van der Waals surface area contributed by atoms with Gasteiger partial charge >= 0.3 is 0 Å². The van der Waals surface area contributed by atoms with Crippen molar-refractivity contribution in [3.8, 4) is 0 Å². The first-order chi connectivity index (χ1) is 8.22. The van der Waals surface area contributed by atoms with Crippen LogP contribution in [0.2, 0.25) is 5.02 Å². The third kappa shape index (κ3) is 2.49. The maximum Gasteiger partial charge on any atom is 0.0410 e. The maximum atomic E-state index is 6.11. The van der Waals surface area contributed by atoms with Gasteiger partial charge in [-0.25, -0.2) is 0 Å². The van der Waals surface area contributed by atoms with E-state index in [0.29, 0.717) is 6.04 Å². The third-order valence-corrected chi connectivity index (χ3v) is 5.18. The molecule has 1 aliphatic heterocycles. The molecule has 1 aliphatic carbocycles. The van der Waals surface area contributed by atoms with Crippen LogP contribution in [-0.4, -0.2) is 11.8 Å². The Morgan fingerprint density at radius 3 is 2.94 bits per heavy atom. The molecule has 0 bridgehead atoms. The first kappa shape index (κ1) is 11.9. The second-order valence-electron chi connectivity index (χ2n) is 5.31. The number of halogens is 1. The van der Waals surface area contributed by atoms with E-state index in [4.69, 9.17) is 11.6 Å². The first-order valence-electron chi connectivity index (χ1n) is 6.40. The second-order valence-corrected chi connectivity index (χ2v) is 6.89. The summed E-state index contributed by atoms with van der Waals surface area (Å²) >= 11 is 8.07. The Hall–Kier alpha value is -0.180. The Morgan fingerprint density at radius 1 is 1.35 bits per heavy atom. The molecule has 17 heavy (non-hydrogen) atoms. The summed E-state index contributed by atoms with van der Waals surface area (Å²) in [5, 5.41) is 4.66. The minimum atomic E-state index is 0.516. The van der Waals surface area contributed by atoms with Gasteiger partial charge in [0.25, 0.3) is 0 Å². The quantitative estimate of drug-likeness (QED) is 0.859. The van der Waals surface area contributed by atoms with Crippen molar-refractivity contribution >= 4 is 23.4 Å². The molecule has 1 nitrogen and oxygen atoms in total. The lowest BCUT2D eigenvalue weighted by molar-refractivity contribution is 0.219. The Kier molecular flexibility index (Phi) is 3.38. The van der Waals surface area contributed by atoms with Crippen molar-refractivity contribution in [2.45, 2.75) is 43.2 Å². The number of rotatable bonds is 2. The highest BCUT2D eigenvalue weighted by Gasteiger charge is 2.29. The molecule has 3 heteroatoms. The molecule has 0 aromatic heterocycles. The highest BCUT2D eigenvalue weighted by Crippen LogP contribution is 2.39. The van der Waals surface area contributed by atoms with E-state index in [9.17, 15) is 0 Å². The summed E-state index contributed by atoms with van der Waals surface area (Å²) in [5.41, 5.74) is 1.41. The Bertz CT molecular complexity index is 415. The van der Waals surface area contributed by atoms with Crippen LogP contribution in [0.4, 0.5) is 0 Å². The second kappa shape index (κ2) is 4.83. The van der Waals surface area contributed by atoms with Gasteiger partial charge in [-0.3, -0.25) is 0 Å². The van der Waals surface area contributed by atoms with Crippen LogP contribution < -0.4 is 5.32 Å². The van der Waals surface area contributed by atoms with Crippen LogP contribution >= 0.6 is 23.4 Å². The van der Waals surface area contributed by atoms with Crippen molar-refractivity contribution in [1.29, 1.82) is 0 Å². The molecular formula is C14H18ClNS. The van der Waals surface area contributed by atoms with Crippen molar-refractivity contribution in [3.63, 3.8) is 0 Å². The van der Waals surface area contributed by atoms with Gasteiger partial charge in [-0.2, -0.15) is 0 Å². The van der Waals surface area contributed by atoms with Crippen LogP contribution in [0.25, 0.3) is 0 Å². The topological polar surface area (TPSA) is 12.0 Å². The van der Waals surface area contributed by atoms with Crippen molar-refractivity contribution in [1.82, 2.24) is 5.32 Å². The van der Waals surface area contributed by atoms with Crippen molar-refractivity contribution < 1.29 is 0 Å². The normalized spacial score (nSPS) is 31.8. The molecule has 1 saturated carbocycles. The molecule has 1 aromatic rings. The zero-order chi connectivity index (χ0) is 11.8. The Morgan fingerprint density at radius 2 is 2.18 bits per heavy atom. The SMILES string of the molecule is CC1CC(NC2CCSc3ccc(Cl)cc32)C1. The van der Waals surface area contributed by atoms with Gasteiger partial charge in [-0.15, -0.1) is 11.8 Å². The number of fused-ring (bicyclic) bond motifs is 1. The Labute approximate surface area is 112 Å². The van der Waals surface area contributed by atoms with Gasteiger partial charge in [0.2, 0.25) is 0 Å². The zero-order valence-electron chi connectivity index (χ0n) is 10.1. The van der Waals surface area contributed by atoms with Gasteiger partial charge in [-0.1, -0.05) is 18.5 Å². The van der Waals surface area contributed by atoms with Crippen LogP contribution in [-0.2, 0) is 0 Å². The number of benzene rings is 1. The maximum absolute atomic E-state index is 6.11. The van der Waals surface area contributed by atoms with Gasteiger partial charge < -0.3 is 5.32 Å². The summed E-state index contributed by atoms with van der Waals surface area (Å²) < 4.78 is 0. The van der Waals surface area contributed by atoms with E-state index in [2.05, 4.69) is 24.4 Å². The minimum Gasteiger partial charge on any atom is -0.307 e. The van der Waals surface area contributed by atoms with Gasteiger partial charge in [0.05, 0.1) is 0 Å². The molecular weight excluding hydrogens is 250 g/mol. The molecule has 0 saturated heterocycles. The Balaban J connectivity index is 1.76. The molecule has 0 amide bonds. The molecule has 2 aliphatic rings. The molecule has 1 aromatic carbocycles. The van der Waals surface area contributed by atoms with Crippen molar-refractivity contribution in [3.05, 3.63) is 28.8 Å². The highest BCUT2D eigenvalue weighted by atomic mass is 35.5. The molecule has 1 atom stereocenters. The smallest absolute Gasteiger partial charge is 0.0410 e. The van der Waals surface area contributed by atoms with Crippen molar-refractivity contribution in [2.75, 3.05) is 5.75 Å². The van der Waals surface area contributed by atoms with Crippen LogP contribution in [0.3, 0.4) is 0 Å². The van der Waals surface area contributed by atoms with Gasteiger partial charge in [0.1, 0.15) is 0 Å². The fourth-order valence-corrected chi connectivity index (χ4v) is 4.15. The van der Waals surface area contributed by atoms with E-state index in [1.165, 1.54) is 35.5 Å². The van der Waals surface area contributed by atoms with Crippen LogP contribution in [0.15, 0.2) is 23.1 Å². The average molecular weight is 268 g/mol. The molecule has 1 heterocycles. The highest BCUT2D eigenvalue weighted by molar-refractivity contribution is 7.99. The number of thioether (sulfide) groups is 1. The van der Waals surface area contributed by atoms with Crippen molar-refractivity contribution in [2.24, 2.45) is 5.92 Å². The lowest BCUT2D eigenvalue weighted by atomic mass is 9.81. The molecule has 3 rings (SSSR count). The number of hydrogen-bond acceptors (Lipinski definition) is 2. The van der Waals surface area contributed by atoms with Crippen LogP contribution in [0.5, 0.6) is 0 Å². The van der Waals surface area contributed by atoms with E-state index in [0.717, 1.165) is 17.0 Å². The average Bonchev–Trinajstić information content (AvgIpc) is 2.28. The zero-order valence-corrected chi connectivity index (χ0v) is 11.7. The summed E-state index contributed by atoms with van der Waals surface area (Å²) in [4.78, 5) is 1.41. The summed E-state index contributed by atoms with van der Waals surface area (Å²) in [6, 6.07) is 7.55. The summed E-state index contributed by atoms with van der Waals surface area (Å²) in [7, 11) is 0. The summed E-state index contributed by atoms with van der Waals surface area (Å²) in [6.07, 6.45) is 3.89. The van der Waals surface area contributed by atoms with E-state index in [1.807, 2.05) is 17.8 Å². The van der Waals surface area contributed by atoms with Gasteiger partial charge in [0.15, 0.2) is 0 Å². The molecule has 1 N–H and O–H groups in total. The molecule has 0 radical (unpaired) electrons. The molecule has 1 fully saturated rings. The summed E-state index contributed by atoms with van der Waals surface area (Å²) in [5.74, 6) is 2.12. The molecule has 0 spiro atoms. The molecule has 1 unspecified atom stereocenters. The first-order valence-corrected chi connectivity index (χ1v) is 7.77. The standard InChI is InChI=1S/C14H18ClNS/c1-9-6-11(7-9)16-13-4-5-17-14-3-2-10(15)8-12(13)14/h2-3,8-9,11,13,16H,4-7H2,1H3. The fourth-order valence-electron chi connectivity index (χ4n) is 2.86. The lowest BCUT2D eigenvalue weighted by Crippen LogP contribution is -2.42. The number of nitrogens with one attached hydrogen (secondary N) is 1. The number of hydrogen-bond donors (Lipinski definition) is 1. The predicted octanol–water partition coefficient (Wildman–Crippen LogP) is 4.27. The van der Waals surface area contributed by atoms with E-state index < -0.39 is 0 Å². The minimum absolute atomic E-state index is 0.516. The summed E-state index contributed by atoms with van der Waals surface area (Å²) in [6.45, 7) is 2.33. The third-order valence-electron chi connectivity index (χ3n) is 3.82. The largest absolute Gasteiger partial charge is 0.307 e. The van der Waals surface area contributed by atoms with Gasteiger partial charge in [0, 0.05) is 22.0 Å². The van der Waals surface area contributed by atoms with E-state index in [1.54, 1.807) is 0 Å². The lowest BCUT2D eigenvalue weighted by Gasteiger charge is -2.38. The molecule has 92 valence electrons.